The predicted octanol–water partition coefficient (Wildman–Crippen LogP) is 3.93. The maximum Gasteiger partial charge on any atom is 0.165 e. The van der Waals surface area contributed by atoms with E-state index in [9.17, 15) is 14.3 Å². The second-order valence-corrected chi connectivity index (χ2v) is 6.09. The number of hydrogen-bond donors (Lipinski definition) is 1. The largest absolute Gasteiger partial charge is 0.505 e. The van der Waals surface area contributed by atoms with Gasteiger partial charge in [0.05, 0.1) is 0 Å². The van der Waals surface area contributed by atoms with Crippen LogP contribution in [-0.4, -0.2) is 10.9 Å². The molecule has 1 atom stereocenters. The van der Waals surface area contributed by atoms with Gasteiger partial charge in [-0.05, 0) is 67.0 Å². The minimum absolute atomic E-state index is 0.0503. The lowest BCUT2D eigenvalue weighted by atomic mass is 9.68. The lowest BCUT2D eigenvalue weighted by molar-refractivity contribution is -0.116. The molecule has 1 aromatic carbocycles. The van der Waals surface area contributed by atoms with Crippen molar-refractivity contribution in [1.82, 2.24) is 0 Å². The number of ketones is 1. The Labute approximate surface area is 118 Å². The topological polar surface area (TPSA) is 37.3 Å². The maximum atomic E-state index is 13.9. The average Bonchev–Trinajstić information content (AvgIpc) is 2.77. The number of halogens is 1. The van der Waals surface area contributed by atoms with Crippen molar-refractivity contribution in [2.45, 2.75) is 46.5 Å². The third kappa shape index (κ3) is 1.52. The van der Waals surface area contributed by atoms with Crippen molar-refractivity contribution in [3.63, 3.8) is 0 Å². The highest BCUT2D eigenvalue weighted by Crippen LogP contribution is 2.57. The first-order valence-corrected chi connectivity index (χ1v) is 7.17. The van der Waals surface area contributed by atoms with E-state index >= 15 is 0 Å². The molecule has 0 radical (unpaired) electrons. The molecule has 0 fully saturated rings. The van der Waals surface area contributed by atoms with E-state index in [2.05, 4.69) is 6.92 Å². The molecule has 0 saturated carbocycles. The molecule has 0 amide bonds. The molecule has 3 rings (SSSR count). The molecule has 2 aliphatic rings. The quantitative estimate of drug-likeness (QED) is 0.842. The Morgan fingerprint density at radius 2 is 2.10 bits per heavy atom. The van der Waals surface area contributed by atoms with Crippen molar-refractivity contribution < 1.29 is 14.3 Å². The molecular formula is C17H19FO2. The summed E-state index contributed by atoms with van der Waals surface area (Å²) < 4.78 is 13.9. The van der Waals surface area contributed by atoms with Crippen molar-refractivity contribution in [3.8, 4) is 5.75 Å². The summed E-state index contributed by atoms with van der Waals surface area (Å²) in [6.07, 6.45) is 3.14. The van der Waals surface area contributed by atoms with Gasteiger partial charge in [-0.3, -0.25) is 4.79 Å². The number of carbonyl (C=O) groups is 1. The number of carbonyl (C=O) groups excluding carboxylic acids is 1. The highest BCUT2D eigenvalue weighted by molar-refractivity contribution is 6.06. The van der Waals surface area contributed by atoms with Gasteiger partial charge in [0.15, 0.2) is 17.3 Å². The van der Waals surface area contributed by atoms with Gasteiger partial charge in [-0.25, -0.2) is 4.39 Å². The van der Waals surface area contributed by atoms with Crippen molar-refractivity contribution in [2.24, 2.45) is 5.41 Å². The van der Waals surface area contributed by atoms with Gasteiger partial charge in [-0.2, -0.15) is 0 Å². The number of fused-ring (bicyclic) bond motifs is 3. The summed E-state index contributed by atoms with van der Waals surface area (Å²) in [5.41, 5.74) is 4.22. The molecule has 0 heterocycles. The summed E-state index contributed by atoms with van der Waals surface area (Å²) in [5, 5.41) is 9.82. The van der Waals surface area contributed by atoms with E-state index < -0.39 is 5.82 Å². The maximum absolute atomic E-state index is 13.9. The lowest BCUT2D eigenvalue weighted by Gasteiger charge is -2.34. The molecule has 3 heteroatoms. The van der Waals surface area contributed by atoms with Crippen LogP contribution in [0, 0.1) is 18.2 Å². The Morgan fingerprint density at radius 3 is 2.75 bits per heavy atom. The van der Waals surface area contributed by atoms with E-state index in [4.69, 9.17) is 0 Å². The average molecular weight is 274 g/mol. The molecule has 106 valence electrons. The van der Waals surface area contributed by atoms with E-state index in [0.717, 1.165) is 41.5 Å². The van der Waals surface area contributed by atoms with Crippen LogP contribution in [0.3, 0.4) is 0 Å². The second-order valence-electron chi connectivity index (χ2n) is 6.09. The van der Waals surface area contributed by atoms with Crippen LogP contribution in [0.2, 0.25) is 0 Å². The molecule has 0 bridgehead atoms. The number of phenolic OH excluding ortho intramolecular Hbond substituents is 1. The highest BCUT2D eigenvalue weighted by atomic mass is 19.1. The SMILES string of the molecule is CCC12CCC(=O)C(C)=C1c1cc(F)c(O)c(C)c1C2. The first-order chi connectivity index (χ1) is 9.41. The predicted molar refractivity (Wildman–Crippen MR) is 76.1 cm³/mol. The van der Waals surface area contributed by atoms with Gasteiger partial charge < -0.3 is 5.11 Å². The summed E-state index contributed by atoms with van der Waals surface area (Å²) in [6, 6.07) is 1.41. The smallest absolute Gasteiger partial charge is 0.165 e. The van der Waals surface area contributed by atoms with Crippen molar-refractivity contribution in [3.05, 3.63) is 34.1 Å². The Balaban J connectivity index is 2.34. The minimum Gasteiger partial charge on any atom is -0.505 e. The molecule has 1 unspecified atom stereocenters. The fourth-order valence-corrected chi connectivity index (χ4v) is 3.94. The van der Waals surface area contributed by atoms with E-state index in [1.54, 1.807) is 6.92 Å². The van der Waals surface area contributed by atoms with Gasteiger partial charge in [0.2, 0.25) is 0 Å². The summed E-state index contributed by atoms with van der Waals surface area (Å²) in [5.74, 6) is -0.673. The van der Waals surface area contributed by atoms with Crippen LogP contribution in [0.25, 0.3) is 5.57 Å². The van der Waals surface area contributed by atoms with Gasteiger partial charge in [-0.1, -0.05) is 6.92 Å². The zero-order valence-corrected chi connectivity index (χ0v) is 12.1. The van der Waals surface area contributed by atoms with Crippen molar-refractivity contribution in [2.75, 3.05) is 0 Å². The normalized spacial score (nSPS) is 24.9. The molecule has 1 aromatic rings. The van der Waals surface area contributed by atoms with Crippen LogP contribution >= 0.6 is 0 Å². The first kappa shape index (κ1) is 13.3. The van der Waals surface area contributed by atoms with Crippen LogP contribution < -0.4 is 0 Å². The van der Waals surface area contributed by atoms with Crippen LogP contribution in [0.4, 0.5) is 4.39 Å². The Bertz CT molecular complexity index is 657. The number of aromatic hydroxyl groups is 1. The number of benzene rings is 1. The standard InChI is InChI=1S/C17H19FO2/c1-4-17-6-5-14(19)10(3)15(17)11-7-13(18)16(20)9(2)12(11)8-17/h7,20H,4-6,8H2,1-3H3. The number of Topliss-reactive ketones (excluding diaryl/α,β-unsaturated/α-hetero) is 1. The monoisotopic (exact) mass is 274 g/mol. The molecule has 2 nitrogen and oxygen atoms in total. The zero-order chi connectivity index (χ0) is 14.7. The molecule has 0 aliphatic heterocycles. The number of allylic oxidation sites excluding steroid dienone is 2. The number of hydrogen-bond acceptors (Lipinski definition) is 2. The second kappa shape index (κ2) is 4.18. The lowest BCUT2D eigenvalue weighted by Crippen LogP contribution is -2.27. The molecule has 2 aliphatic carbocycles. The third-order valence-corrected chi connectivity index (χ3v) is 5.25. The van der Waals surface area contributed by atoms with Crippen molar-refractivity contribution in [1.29, 1.82) is 0 Å². The Kier molecular flexibility index (Phi) is 2.79. The fraction of sp³-hybridized carbons (Fsp3) is 0.471. The summed E-state index contributed by atoms with van der Waals surface area (Å²) >= 11 is 0. The third-order valence-electron chi connectivity index (χ3n) is 5.25. The zero-order valence-electron chi connectivity index (χ0n) is 12.1. The summed E-state index contributed by atoms with van der Waals surface area (Å²) in [6.45, 7) is 5.74. The number of phenols is 1. The van der Waals surface area contributed by atoms with Crippen LogP contribution in [0.1, 0.15) is 49.8 Å². The van der Waals surface area contributed by atoms with Gasteiger partial charge in [-0.15, -0.1) is 0 Å². The van der Waals surface area contributed by atoms with E-state index in [0.29, 0.717) is 12.0 Å². The van der Waals surface area contributed by atoms with Gasteiger partial charge in [0.25, 0.3) is 0 Å². The minimum atomic E-state index is -0.591. The number of rotatable bonds is 1. The molecule has 0 spiro atoms. The van der Waals surface area contributed by atoms with Crippen LogP contribution in [0.5, 0.6) is 5.75 Å². The summed E-state index contributed by atoms with van der Waals surface area (Å²) in [4.78, 5) is 12.0. The van der Waals surface area contributed by atoms with Gasteiger partial charge in [0, 0.05) is 11.8 Å². The summed E-state index contributed by atoms with van der Waals surface area (Å²) in [7, 11) is 0. The molecule has 1 N–H and O–H groups in total. The molecular weight excluding hydrogens is 255 g/mol. The highest BCUT2D eigenvalue weighted by Gasteiger charge is 2.46. The molecule has 20 heavy (non-hydrogen) atoms. The first-order valence-electron chi connectivity index (χ1n) is 7.17. The van der Waals surface area contributed by atoms with Crippen LogP contribution in [0.15, 0.2) is 11.6 Å². The van der Waals surface area contributed by atoms with E-state index in [1.165, 1.54) is 6.07 Å². The fourth-order valence-electron chi connectivity index (χ4n) is 3.94. The molecule has 0 saturated heterocycles. The Morgan fingerprint density at radius 1 is 1.40 bits per heavy atom. The van der Waals surface area contributed by atoms with Crippen LogP contribution in [-0.2, 0) is 11.2 Å². The van der Waals surface area contributed by atoms with Gasteiger partial charge >= 0.3 is 0 Å². The molecule has 0 aromatic heterocycles. The Hall–Kier alpha value is -1.64. The van der Waals surface area contributed by atoms with E-state index in [1.807, 2.05) is 6.92 Å². The van der Waals surface area contributed by atoms with E-state index in [-0.39, 0.29) is 16.9 Å². The van der Waals surface area contributed by atoms with Crippen molar-refractivity contribution >= 4 is 11.4 Å². The van der Waals surface area contributed by atoms with Gasteiger partial charge in [0.1, 0.15) is 0 Å².